The molecule has 0 aromatic carbocycles. The Balaban J connectivity index is 3.13. The summed E-state index contributed by atoms with van der Waals surface area (Å²) in [4.78, 5) is 17.4. The van der Waals surface area contributed by atoms with E-state index in [1.807, 2.05) is 0 Å². The number of aromatic nitrogens is 1. The van der Waals surface area contributed by atoms with E-state index in [9.17, 15) is 10.1 Å². The summed E-state index contributed by atoms with van der Waals surface area (Å²) >= 11 is 0. The lowest BCUT2D eigenvalue weighted by Gasteiger charge is -2.32. The first-order valence-electron chi connectivity index (χ1n) is 8.01. The molecule has 0 atom stereocenters. The van der Waals surface area contributed by atoms with E-state index in [0.717, 1.165) is 45.1 Å². The van der Waals surface area contributed by atoms with Crippen molar-refractivity contribution in [3.8, 4) is 0 Å². The van der Waals surface area contributed by atoms with Gasteiger partial charge in [-0.25, -0.2) is 4.98 Å². The fourth-order valence-corrected chi connectivity index (χ4v) is 2.66. The van der Waals surface area contributed by atoms with Gasteiger partial charge in [0.25, 0.3) is 0 Å². The molecule has 0 spiro atoms. The Bertz CT molecular complexity index is 431. The van der Waals surface area contributed by atoms with Crippen LogP contribution in [0.3, 0.4) is 0 Å². The van der Waals surface area contributed by atoms with E-state index in [2.05, 4.69) is 30.7 Å². The van der Waals surface area contributed by atoms with Crippen LogP contribution >= 0.6 is 0 Å². The second-order valence-electron chi connectivity index (χ2n) is 5.38. The van der Waals surface area contributed by atoms with Crippen molar-refractivity contribution in [2.45, 2.75) is 65.3 Å². The topological polar surface area (TPSA) is 59.3 Å². The molecule has 1 aromatic rings. The molecule has 0 aliphatic carbocycles. The average molecular weight is 293 g/mol. The minimum atomic E-state index is -0.323. The summed E-state index contributed by atoms with van der Waals surface area (Å²) in [5.74, 6) is 0.530. The largest absolute Gasteiger partial charge is 0.348 e. The van der Waals surface area contributed by atoms with E-state index in [1.54, 1.807) is 18.3 Å². The van der Waals surface area contributed by atoms with Gasteiger partial charge in [0, 0.05) is 24.8 Å². The number of rotatable bonds is 10. The molecule has 0 aliphatic rings. The molecule has 0 saturated heterocycles. The summed E-state index contributed by atoms with van der Waals surface area (Å²) in [6, 6.07) is 3.52. The van der Waals surface area contributed by atoms with Crippen LogP contribution in [0.1, 0.15) is 59.3 Å². The molecule has 0 amide bonds. The van der Waals surface area contributed by atoms with E-state index in [1.165, 1.54) is 0 Å². The van der Waals surface area contributed by atoms with Crippen LogP contribution in [0, 0.1) is 10.1 Å². The third kappa shape index (κ3) is 4.99. The molecule has 5 heteroatoms. The lowest BCUT2D eigenvalue weighted by molar-refractivity contribution is -0.384. The average Bonchev–Trinajstić information content (AvgIpc) is 2.48. The highest BCUT2D eigenvalue weighted by molar-refractivity contribution is 5.57. The van der Waals surface area contributed by atoms with Gasteiger partial charge in [-0.2, -0.15) is 0 Å². The molecule has 5 nitrogen and oxygen atoms in total. The number of nitrogens with zero attached hydrogens (tertiary/aromatic N) is 3. The molecule has 0 aliphatic heterocycles. The van der Waals surface area contributed by atoms with E-state index in [-0.39, 0.29) is 10.6 Å². The number of anilines is 1. The minimum Gasteiger partial charge on any atom is -0.348 e. The number of hydrogen-bond donors (Lipinski definition) is 0. The summed E-state index contributed by atoms with van der Waals surface area (Å²) in [5.41, 5.74) is 0.116. The lowest BCUT2D eigenvalue weighted by atomic mass is 10.0. The molecule has 0 fully saturated rings. The molecular weight excluding hydrogens is 266 g/mol. The molecule has 1 rings (SSSR count). The van der Waals surface area contributed by atoms with Crippen molar-refractivity contribution in [2.24, 2.45) is 0 Å². The predicted molar refractivity (Wildman–Crippen MR) is 86.7 cm³/mol. The summed E-state index contributed by atoms with van der Waals surface area (Å²) < 4.78 is 0. The first-order chi connectivity index (χ1) is 10.2. The monoisotopic (exact) mass is 293 g/mol. The molecular formula is C16H27N3O2. The highest BCUT2D eigenvalue weighted by Gasteiger charge is 2.25. The van der Waals surface area contributed by atoms with Gasteiger partial charge in [-0.15, -0.1) is 0 Å². The first kappa shape index (κ1) is 17.4. The Morgan fingerprint density at radius 3 is 2.43 bits per heavy atom. The van der Waals surface area contributed by atoms with Crippen molar-refractivity contribution in [3.05, 3.63) is 28.4 Å². The summed E-state index contributed by atoms with van der Waals surface area (Å²) in [6.45, 7) is 7.29. The molecule has 0 N–H and O–H groups in total. The van der Waals surface area contributed by atoms with Crippen molar-refractivity contribution in [2.75, 3.05) is 11.4 Å². The third-order valence-corrected chi connectivity index (χ3v) is 3.67. The van der Waals surface area contributed by atoms with Crippen molar-refractivity contribution in [1.82, 2.24) is 4.98 Å². The van der Waals surface area contributed by atoms with Gasteiger partial charge in [-0.3, -0.25) is 10.1 Å². The second-order valence-corrected chi connectivity index (χ2v) is 5.38. The van der Waals surface area contributed by atoms with E-state index >= 15 is 0 Å². The standard InChI is InChI=1S/C16H27N3O2/c1-4-7-13-18(14(9-5-2)10-6-3)16-15(19(20)21)11-8-12-17-16/h8,11-12,14H,4-7,9-10,13H2,1-3H3. The predicted octanol–water partition coefficient (Wildman–Crippen LogP) is 4.57. The maximum Gasteiger partial charge on any atom is 0.311 e. The highest BCUT2D eigenvalue weighted by atomic mass is 16.6. The molecule has 1 aromatic heterocycles. The van der Waals surface area contributed by atoms with Crippen LogP contribution in [-0.4, -0.2) is 22.5 Å². The van der Waals surface area contributed by atoms with Crippen molar-refractivity contribution in [3.63, 3.8) is 0 Å². The van der Waals surface area contributed by atoms with Gasteiger partial charge in [0.15, 0.2) is 0 Å². The molecule has 0 bridgehead atoms. The van der Waals surface area contributed by atoms with Gasteiger partial charge < -0.3 is 4.90 Å². The van der Waals surface area contributed by atoms with Crippen LogP contribution < -0.4 is 4.90 Å². The van der Waals surface area contributed by atoms with Crippen LogP contribution in [-0.2, 0) is 0 Å². The smallest absolute Gasteiger partial charge is 0.311 e. The fourth-order valence-electron chi connectivity index (χ4n) is 2.66. The van der Waals surface area contributed by atoms with Gasteiger partial charge in [-0.1, -0.05) is 40.0 Å². The SMILES string of the molecule is CCCCN(c1ncccc1[N+](=O)[O-])C(CCC)CCC. The van der Waals surface area contributed by atoms with Crippen LogP contribution in [0.4, 0.5) is 11.5 Å². The van der Waals surface area contributed by atoms with Gasteiger partial charge in [-0.05, 0) is 25.3 Å². The Morgan fingerprint density at radius 2 is 1.90 bits per heavy atom. The van der Waals surface area contributed by atoms with E-state index < -0.39 is 0 Å². The van der Waals surface area contributed by atoms with E-state index in [4.69, 9.17) is 0 Å². The van der Waals surface area contributed by atoms with Crippen LogP contribution in [0.25, 0.3) is 0 Å². The third-order valence-electron chi connectivity index (χ3n) is 3.67. The highest BCUT2D eigenvalue weighted by Crippen LogP contribution is 2.29. The zero-order valence-corrected chi connectivity index (χ0v) is 13.4. The number of pyridine rings is 1. The molecule has 0 unspecified atom stereocenters. The van der Waals surface area contributed by atoms with E-state index in [0.29, 0.717) is 11.9 Å². The molecule has 0 saturated carbocycles. The Labute approximate surface area is 127 Å². The van der Waals surface area contributed by atoms with Gasteiger partial charge in [0.1, 0.15) is 0 Å². The lowest BCUT2D eigenvalue weighted by Crippen LogP contribution is -2.37. The Morgan fingerprint density at radius 1 is 1.24 bits per heavy atom. The molecule has 21 heavy (non-hydrogen) atoms. The van der Waals surface area contributed by atoms with Crippen LogP contribution in [0.15, 0.2) is 18.3 Å². The molecule has 118 valence electrons. The summed E-state index contributed by atoms with van der Waals surface area (Å²) in [5, 5.41) is 11.3. The van der Waals surface area contributed by atoms with Crippen LogP contribution in [0.2, 0.25) is 0 Å². The quantitative estimate of drug-likeness (QED) is 0.468. The normalized spacial score (nSPS) is 10.9. The minimum absolute atomic E-state index is 0.116. The second kappa shape index (κ2) is 9.32. The Hall–Kier alpha value is -1.65. The summed E-state index contributed by atoms with van der Waals surface area (Å²) in [6.07, 6.45) is 7.99. The maximum atomic E-state index is 11.3. The van der Waals surface area contributed by atoms with Gasteiger partial charge >= 0.3 is 5.69 Å². The van der Waals surface area contributed by atoms with Crippen LogP contribution in [0.5, 0.6) is 0 Å². The van der Waals surface area contributed by atoms with Gasteiger partial charge in [0.05, 0.1) is 4.92 Å². The molecule has 0 radical (unpaired) electrons. The maximum absolute atomic E-state index is 11.3. The number of hydrogen-bond acceptors (Lipinski definition) is 4. The van der Waals surface area contributed by atoms with Crippen molar-refractivity contribution in [1.29, 1.82) is 0 Å². The molecule has 1 heterocycles. The first-order valence-corrected chi connectivity index (χ1v) is 8.01. The zero-order valence-electron chi connectivity index (χ0n) is 13.4. The van der Waals surface area contributed by atoms with Crippen molar-refractivity contribution >= 4 is 11.5 Å². The van der Waals surface area contributed by atoms with Crippen molar-refractivity contribution < 1.29 is 4.92 Å². The Kier molecular flexibility index (Phi) is 7.72. The fraction of sp³-hybridized carbons (Fsp3) is 0.688. The number of unbranched alkanes of at least 4 members (excludes halogenated alkanes) is 1. The summed E-state index contributed by atoms with van der Waals surface area (Å²) in [7, 11) is 0. The zero-order chi connectivity index (χ0) is 15.7. The van der Waals surface area contributed by atoms with Gasteiger partial charge in [0.2, 0.25) is 5.82 Å². The number of nitro groups is 1.